The van der Waals surface area contributed by atoms with Crippen LogP contribution >= 0.6 is 12.2 Å². The lowest BCUT2D eigenvalue weighted by molar-refractivity contribution is -0.120. The second-order valence-electron chi connectivity index (χ2n) is 4.72. The number of nitrogens with two attached hydrogens (primary N) is 1. The highest BCUT2D eigenvalue weighted by Crippen LogP contribution is 2.09. The van der Waals surface area contributed by atoms with Gasteiger partial charge in [-0.15, -0.1) is 0 Å². The zero-order valence-corrected chi connectivity index (χ0v) is 12.1. The molecule has 19 heavy (non-hydrogen) atoms. The zero-order valence-electron chi connectivity index (χ0n) is 11.3. The molecule has 4 nitrogen and oxygen atoms in total. The van der Waals surface area contributed by atoms with E-state index in [4.69, 9.17) is 22.7 Å². The van der Waals surface area contributed by atoms with Gasteiger partial charge in [-0.2, -0.15) is 0 Å². The molecule has 0 spiro atoms. The number of anilines is 1. The first-order chi connectivity index (χ1) is 8.99. The van der Waals surface area contributed by atoms with E-state index in [0.29, 0.717) is 23.2 Å². The van der Waals surface area contributed by atoms with Crippen molar-refractivity contribution in [3.05, 3.63) is 29.8 Å². The maximum absolute atomic E-state index is 11.6. The van der Waals surface area contributed by atoms with Gasteiger partial charge in [0, 0.05) is 17.9 Å². The van der Waals surface area contributed by atoms with E-state index in [1.165, 1.54) is 0 Å². The van der Waals surface area contributed by atoms with E-state index in [-0.39, 0.29) is 12.5 Å². The lowest BCUT2D eigenvalue weighted by Gasteiger charge is -2.08. The second kappa shape index (κ2) is 7.86. The number of rotatable bonds is 7. The lowest BCUT2D eigenvalue weighted by atomic mass is 10.1. The fourth-order valence-electron chi connectivity index (χ4n) is 1.40. The van der Waals surface area contributed by atoms with E-state index in [2.05, 4.69) is 19.2 Å². The van der Waals surface area contributed by atoms with Gasteiger partial charge < -0.3 is 15.8 Å². The van der Waals surface area contributed by atoms with Crippen LogP contribution in [0, 0.1) is 5.92 Å². The standard InChI is InChI=1S/C14H20N2O2S/c1-10(2)7-8-18-9-13(17)16-12-5-3-11(4-6-12)14(15)19/h3-6,10H,7-9H2,1-2H3,(H2,15,19)(H,16,17). The van der Waals surface area contributed by atoms with Gasteiger partial charge in [0.05, 0.1) is 0 Å². The predicted molar refractivity (Wildman–Crippen MR) is 81.2 cm³/mol. The van der Waals surface area contributed by atoms with Crippen LogP contribution in [0.1, 0.15) is 25.8 Å². The average Bonchev–Trinajstić information content (AvgIpc) is 2.35. The van der Waals surface area contributed by atoms with Crippen LogP contribution in [0.4, 0.5) is 5.69 Å². The fraction of sp³-hybridized carbons (Fsp3) is 0.429. The molecule has 0 aromatic heterocycles. The van der Waals surface area contributed by atoms with Gasteiger partial charge in [0.25, 0.3) is 0 Å². The van der Waals surface area contributed by atoms with Crippen LogP contribution in [0.25, 0.3) is 0 Å². The van der Waals surface area contributed by atoms with Gasteiger partial charge in [0.2, 0.25) is 5.91 Å². The van der Waals surface area contributed by atoms with Crippen molar-refractivity contribution in [3.8, 4) is 0 Å². The summed E-state index contributed by atoms with van der Waals surface area (Å²) in [6.45, 7) is 4.91. The zero-order chi connectivity index (χ0) is 14.3. The van der Waals surface area contributed by atoms with Gasteiger partial charge in [-0.05, 0) is 36.6 Å². The van der Waals surface area contributed by atoms with E-state index in [0.717, 1.165) is 12.0 Å². The minimum Gasteiger partial charge on any atom is -0.389 e. The van der Waals surface area contributed by atoms with E-state index in [1.54, 1.807) is 24.3 Å². The van der Waals surface area contributed by atoms with E-state index >= 15 is 0 Å². The van der Waals surface area contributed by atoms with Crippen molar-refractivity contribution in [1.82, 2.24) is 0 Å². The monoisotopic (exact) mass is 280 g/mol. The molecule has 0 aliphatic carbocycles. The number of nitrogens with one attached hydrogen (secondary N) is 1. The summed E-state index contributed by atoms with van der Waals surface area (Å²) < 4.78 is 5.29. The molecule has 1 aromatic carbocycles. The molecular formula is C14H20N2O2S. The highest BCUT2D eigenvalue weighted by Gasteiger charge is 2.03. The van der Waals surface area contributed by atoms with Crippen LogP contribution in [0.15, 0.2) is 24.3 Å². The summed E-state index contributed by atoms with van der Waals surface area (Å²) >= 11 is 4.86. The molecule has 1 amide bonds. The SMILES string of the molecule is CC(C)CCOCC(=O)Nc1ccc(C(N)=S)cc1. The van der Waals surface area contributed by atoms with Crippen LogP contribution in [-0.4, -0.2) is 24.1 Å². The molecule has 0 fully saturated rings. The average molecular weight is 280 g/mol. The van der Waals surface area contributed by atoms with Crippen molar-refractivity contribution < 1.29 is 9.53 Å². The van der Waals surface area contributed by atoms with Gasteiger partial charge in [0.1, 0.15) is 11.6 Å². The van der Waals surface area contributed by atoms with Crippen molar-refractivity contribution in [3.63, 3.8) is 0 Å². The quantitative estimate of drug-likeness (QED) is 0.594. The van der Waals surface area contributed by atoms with Gasteiger partial charge in [-0.1, -0.05) is 26.1 Å². The molecule has 0 saturated carbocycles. The second-order valence-corrected chi connectivity index (χ2v) is 5.16. The van der Waals surface area contributed by atoms with E-state index in [1.807, 2.05) is 0 Å². The summed E-state index contributed by atoms with van der Waals surface area (Å²) in [6.07, 6.45) is 0.954. The van der Waals surface area contributed by atoms with Gasteiger partial charge in [-0.3, -0.25) is 4.79 Å². The third-order valence-electron chi connectivity index (χ3n) is 2.53. The summed E-state index contributed by atoms with van der Waals surface area (Å²) in [5.41, 5.74) is 6.98. The number of ether oxygens (including phenoxy) is 1. The summed E-state index contributed by atoms with van der Waals surface area (Å²) in [5, 5.41) is 2.75. The van der Waals surface area contributed by atoms with Gasteiger partial charge in [-0.25, -0.2) is 0 Å². The number of thiocarbonyl (C=S) groups is 1. The molecule has 0 saturated heterocycles. The molecule has 0 unspecified atom stereocenters. The molecule has 1 aromatic rings. The van der Waals surface area contributed by atoms with Crippen molar-refractivity contribution >= 4 is 28.8 Å². The highest BCUT2D eigenvalue weighted by molar-refractivity contribution is 7.80. The predicted octanol–water partition coefficient (Wildman–Crippen LogP) is 2.32. The molecule has 0 heterocycles. The van der Waals surface area contributed by atoms with Crippen LogP contribution in [0.5, 0.6) is 0 Å². The Morgan fingerprint density at radius 2 is 2.00 bits per heavy atom. The molecule has 0 aliphatic rings. The van der Waals surface area contributed by atoms with Crippen LogP contribution in [0.3, 0.4) is 0 Å². The summed E-state index contributed by atoms with van der Waals surface area (Å²) in [6, 6.07) is 7.08. The maximum atomic E-state index is 11.6. The van der Waals surface area contributed by atoms with Crippen molar-refractivity contribution in [2.45, 2.75) is 20.3 Å². The molecule has 5 heteroatoms. The molecule has 0 radical (unpaired) electrons. The Balaban J connectivity index is 2.34. The number of carbonyl (C=O) groups is 1. The van der Waals surface area contributed by atoms with Crippen molar-refractivity contribution in [2.24, 2.45) is 11.7 Å². The first-order valence-corrected chi connectivity index (χ1v) is 6.67. The summed E-state index contributed by atoms with van der Waals surface area (Å²) in [4.78, 5) is 11.9. The topological polar surface area (TPSA) is 64.3 Å². The lowest BCUT2D eigenvalue weighted by Crippen LogP contribution is -2.19. The van der Waals surface area contributed by atoms with Crippen LogP contribution in [0.2, 0.25) is 0 Å². The normalized spacial score (nSPS) is 10.5. The molecule has 3 N–H and O–H groups in total. The van der Waals surface area contributed by atoms with Gasteiger partial charge >= 0.3 is 0 Å². The first kappa shape index (κ1) is 15.6. The summed E-state index contributed by atoms with van der Waals surface area (Å²) in [7, 11) is 0. The minimum atomic E-state index is -0.160. The van der Waals surface area contributed by atoms with E-state index in [9.17, 15) is 4.79 Å². The molecular weight excluding hydrogens is 260 g/mol. The maximum Gasteiger partial charge on any atom is 0.250 e. The minimum absolute atomic E-state index is 0.0732. The number of hydrogen-bond donors (Lipinski definition) is 2. The van der Waals surface area contributed by atoms with Crippen molar-refractivity contribution in [1.29, 1.82) is 0 Å². The number of carbonyl (C=O) groups excluding carboxylic acids is 1. The smallest absolute Gasteiger partial charge is 0.250 e. The highest BCUT2D eigenvalue weighted by atomic mass is 32.1. The summed E-state index contributed by atoms with van der Waals surface area (Å²) in [5.74, 6) is 0.419. The third kappa shape index (κ3) is 6.31. The Morgan fingerprint density at radius 3 is 2.53 bits per heavy atom. The molecule has 1 rings (SSSR count). The number of hydrogen-bond acceptors (Lipinski definition) is 3. The third-order valence-corrected chi connectivity index (χ3v) is 2.76. The molecule has 0 bridgehead atoms. The van der Waals surface area contributed by atoms with Gasteiger partial charge in [0.15, 0.2) is 0 Å². The number of benzene rings is 1. The van der Waals surface area contributed by atoms with Crippen LogP contribution < -0.4 is 11.1 Å². The Kier molecular flexibility index (Phi) is 6.45. The Bertz CT molecular complexity index is 430. The largest absolute Gasteiger partial charge is 0.389 e. The first-order valence-electron chi connectivity index (χ1n) is 6.26. The van der Waals surface area contributed by atoms with Crippen LogP contribution in [-0.2, 0) is 9.53 Å². The molecule has 104 valence electrons. The Hall–Kier alpha value is -1.46. The fourth-order valence-corrected chi connectivity index (χ4v) is 1.53. The van der Waals surface area contributed by atoms with E-state index < -0.39 is 0 Å². The number of amides is 1. The molecule has 0 aliphatic heterocycles. The Morgan fingerprint density at radius 1 is 1.37 bits per heavy atom. The molecule has 0 atom stereocenters. The van der Waals surface area contributed by atoms with Crippen molar-refractivity contribution in [2.75, 3.05) is 18.5 Å². The Labute approximate surface area is 119 Å².